The summed E-state index contributed by atoms with van der Waals surface area (Å²) < 4.78 is 111. The number of rotatable bonds is 7. The first-order valence-electron chi connectivity index (χ1n) is 12.8. The highest BCUT2D eigenvalue weighted by Crippen LogP contribution is 2.59. The minimum atomic E-state index is -4.97. The Kier molecular flexibility index (Phi) is 6.99. The highest BCUT2D eigenvalue weighted by Gasteiger charge is 2.70. The maximum absolute atomic E-state index is 13.8. The van der Waals surface area contributed by atoms with Crippen LogP contribution in [0.25, 0.3) is 11.1 Å². The second-order valence-corrected chi connectivity index (χ2v) is 12.9. The number of alkyl halides is 6. The molecule has 0 spiro atoms. The van der Waals surface area contributed by atoms with Gasteiger partial charge in [0.2, 0.25) is 11.8 Å². The lowest BCUT2D eigenvalue weighted by Gasteiger charge is -2.29. The van der Waals surface area contributed by atoms with Gasteiger partial charge in [-0.3, -0.25) is 9.59 Å². The van der Waals surface area contributed by atoms with Crippen LogP contribution >= 0.6 is 0 Å². The number of likely N-dealkylation sites (tertiary alicyclic amines) is 1. The molecule has 0 aromatic heterocycles. The van der Waals surface area contributed by atoms with Gasteiger partial charge in [0.05, 0.1) is 16.2 Å². The Morgan fingerprint density at radius 3 is 2.12 bits per heavy atom. The van der Waals surface area contributed by atoms with Crippen LogP contribution in [-0.2, 0) is 19.4 Å². The van der Waals surface area contributed by atoms with Crippen LogP contribution in [-0.4, -0.2) is 61.0 Å². The molecule has 2 saturated carbocycles. The van der Waals surface area contributed by atoms with E-state index < -0.39 is 88.0 Å². The van der Waals surface area contributed by atoms with E-state index in [2.05, 4.69) is 10.1 Å². The number of sulfone groups is 1. The van der Waals surface area contributed by atoms with Crippen molar-refractivity contribution in [1.29, 1.82) is 5.26 Å². The molecule has 0 radical (unpaired) electrons. The van der Waals surface area contributed by atoms with Crippen LogP contribution < -0.4 is 10.1 Å². The van der Waals surface area contributed by atoms with Gasteiger partial charge in [-0.1, -0.05) is 30.3 Å². The third-order valence-corrected chi connectivity index (χ3v) is 10.0. The van der Waals surface area contributed by atoms with Crippen LogP contribution in [0.2, 0.25) is 0 Å². The highest BCUT2D eigenvalue weighted by atomic mass is 32.2. The van der Waals surface area contributed by atoms with E-state index in [0.29, 0.717) is 17.7 Å². The predicted molar refractivity (Wildman–Crippen MR) is 133 cm³/mol. The van der Waals surface area contributed by atoms with Gasteiger partial charge >= 0.3 is 12.5 Å². The lowest BCUT2D eigenvalue weighted by molar-refractivity contribution is -0.274. The second-order valence-electron chi connectivity index (χ2n) is 10.7. The van der Waals surface area contributed by atoms with Crippen molar-refractivity contribution in [2.24, 2.45) is 5.41 Å². The van der Waals surface area contributed by atoms with E-state index in [0.717, 1.165) is 18.2 Å². The summed E-state index contributed by atoms with van der Waals surface area (Å²) >= 11 is 0. The summed E-state index contributed by atoms with van der Waals surface area (Å²) in [6, 6.07) is 10.3. The minimum Gasteiger partial charge on any atom is -0.405 e. The first-order valence-corrected chi connectivity index (χ1v) is 14.4. The Hall–Kier alpha value is -3.80. The van der Waals surface area contributed by atoms with Crippen LogP contribution in [0.1, 0.15) is 32.1 Å². The largest absolute Gasteiger partial charge is 0.573 e. The molecule has 1 saturated heterocycles. The maximum Gasteiger partial charge on any atom is 0.573 e. The van der Waals surface area contributed by atoms with Gasteiger partial charge in [0, 0.05) is 12.1 Å². The molecule has 42 heavy (non-hydrogen) atoms. The van der Waals surface area contributed by atoms with Crippen LogP contribution in [0.15, 0.2) is 53.4 Å². The van der Waals surface area contributed by atoms with Gasteiger partial charge in [0.1, 0.15) is 22.7 Å². The monoisotopic (exact) mass is 615 g/mol. The van der Waals surface area contributed by atoms with E-state index in [1.807, 2.05) is 6.07 Å². The lowest BCUT2D eigenvalue weighted by atomic mass is 10.0. The van der Waals surface area contributed by atoms with Gasteiger partial charge in [0.25, 0.3) is 0 Å². The Bertz CT molecular complexity index is 1560. The molecule has 15 heteroatoms. The average molecular weight is 616 g/mol. The number of nitrogens with one attached hydrogen (secondary N) is 1. The molecule has 2 aromatic rings. The molecule has 1 aliphatic heterocycles. The van der Waals surface area contributed by atoms with Crippen LogP contribution in [0, 0.1) is 16.7 Å². The number of hydrogen-bond donors (Lipinski definition) is 1. The normalized spacial score (nSPS) is 22.6. The molecule has 8 nitrogen and oxygen atoms in total. The van der Waals surface area contributed by atoms with E-state index in [1.165, 1.54) is 30.3 Å². The summed E-state index contributed by atoms with van der Waals surface area (Å²) in [6.45, 7) is -0.680. The van der Waals surface area contributed by atoms with Gasteiger partial charge in [-0.25, -0.2) is 8.42 Å². The van der Waals surface area contributed by atoms with Crippen molar-refractivity contribution in [2.45, 2.75) is 66.4 Å². The van der Waals surface area contributed by atoms with Gasteiger partial charge in [-0.15, -0.1) is 13.2 Å². The number of ether oxygens (including phenoxy) is 1. The summed E-state index contributed by atoms with van der Waals surface area (Å²) in [5.41, 5.74) is -3.67. The molecule has 2 aromatic carbocycles. The number of hydrogen-bond acceptors (Lipinski definition) is 6. The molecule has 3 aliphatic rings. The predicted octanol–water partition coefficient (Wildman–Crippen LogP) is 4.51. The van der Waals surface area contributed by atoms with Crippen molar-refractivity contribution >= 4 is 21.7 Å². The number of halogens is 6. The highest BCUT2D eigenvalue weighted by molar-refractivity contribution is 7.92. The molecule has 3 fully saturated rings. The number of nitrogens with zero attached hydrogens (tertiary/aromatic N) is 2. The van der Waals surface area contributed by atoms with Gasteiger partial charge in [-0.2, -0.15) is 18.4 Å². The standard InChI is InChI=1S/C27H23F6N3O5S/c28-26(29,30)25(11-12-25)23(38)36-14-18(13-20(36)22(37)35-24(15-34)9-10-24)42(39,40)17-7-5-16(6-8-17)19-3-1-2-4-21(19)41-27(31,32)33/h1-8,18,20H,9-14H2,(H,35,37). The molecule has 224 valence electrons. The molecule has 2 aliphatic carbocycles. The zero-order valence-corrected chi connectivity index (χ0v) is 22.4. The summed E-state index contributed by atoms with van der Waals surface area (Å²) in [5, 5.41) is 10.3. The molecule has 1 N–H and O–H groups in total. The molecule has 1 heterocycles. The molecule has 2 amide bonds. The number of benzene rings is 2. The van der Waals surface area contributed by atoms with Crippen molar-refractivity contribution in [3.8, 4) is 22.9 Å². The van der Waals surface area contributed by atoms with Crippen molar-refractivity contribution in [3.05, 3.63) is 48.5 Å². The van der Waals surface area contributed by atoms with E-state index in [4.69, 9.17) is 0 Å². The van der Waals surface area contributed by atoms with E-state index >= 15 is 0 Å². The third-order valence-electron chi connectivity index (χ3n) is 7.90. The average Bonchev–Trinajstić information content (AvgIpc) is 3.84. The Balaban J connectivity index is 1.42. The van der Waals surface area contributed by atoms with Gasteiger partial charge in [-0.05, 0) is 55.9 Å². The SMILES string of the molecule is N#CC1(NC(=O)C2CC(S(=O)(=O)c3ccc(-c4ccccc4OC(F)(F)F)cc3)CN2C(=O)C2(C(F)(F)F)CC2)CC1. The number of carbonyl (C=O) groups excluding carboxylic acids is 2. The molecule has 2 unspecified atom stereocenters. The maximum atomic E-state index is 13.8. The van der Waals surface area contributed by atoms with Crippen LogP contribution in [0.5, 0.6) is 5.75 Å². The fraction of sp³-hybridized carbons (Fsp3) is 0.444. The quantitative estimate of drug-likeness (QED) is 0.459. The minimum absolute atomic E-state index is 0.0292. The molecular weight excluding hydrogens is 592 g/mol. The first kappa shape index (κ1) is 29.7. The molecule has 5 rings (SSSR count). The van der Waals surface area contributed by atoms with Gasteiger partial charge in [0.15, 0.2) is 9.84 Å². The Labute approximate surface area is 236 Å². The fourth-order valence-corrected chi connectivity index (χ4v) is 6.85. The molecular formula is C27H23F6N3O5S. The second kappa shape index (κ2) is 9.89. The van der Waals surface area contributed by atoms with E-state index in [9.17, 15) is 49.6 Å². The van der Waals surface area contributed by atoms with Gasteiger partial charge < -0.3 is 15.0 Å². The van der Waals surface area contributed by atoms with E-state index in [1.54, 1.807) is 0 Å². The number of amides is 2. The molecule has 0 bridgehead atoms. The van der Waals surface area contributed by atoms with E-state index in [-0.39, 0.29) is 16.0 Å². The number of para-hydroxylation sites is 1. The Morgan fingerprint density at radius 2 is 1.60 bits per heavy atom. The van der Waals surface area contributed by atoms with Crippen LogP contribution in [0.4, 0.5) is 26.3 Å². The summed E-state index contributed by atoms with van der Waals surface area (Å²) in [5.74, 6) is -2.80. The third kappa shape index (κ3) is 5.39. The van der Waals surface area contributed by atoms with Crippen molar-refractivity contribution < 1.29 is 49.1 Å². The molecule has 2 atom stereocenters. The topological polar surface area (TPSA) is 117 Å². The number of nitriles is 1. The summed E-state index contributed by atoms with van der Waals surface area (Å²) in [4.78, 5) is 26.6. The van der Waals surface area contributed by atoms with Crippen LogP contribution in [0.3, 0.4) is 0 Å². The van der Waals surface area contributed by atoms with Crippen molar-refractivity contribution in [2.75, 3.05) is 6.54 Å². The lowest BCUT2D eigenvalue weighted by Crippen LogP contribution is -2.53. The summed E-state index contributed by atoms with van der Waals surface area (Å²) in [6.07, 6.45) is -10.7. The number of carbonyl (C=O) groups is 2. The Morgan fingerprint density at radius 1 is 0.976 bits per heavy atom. The smallest absolute Gasteiger partial charge is 0.405 e. The summed E-state index contributed by atoms with van der Waals surface area (Å²) in [7, 11) is -4.34. The van der Waals surface area contributed by atoms with Crippen molar-refractivity contribution in [3.63, 3.8) is 0 Å². The first-order chi connectivity index (χ1) is 19.5. The zero-order chi connectivity index (χ0) is 30.7. The zero-order valence-electron chi connectivity index (χ0n) is 21.6. The van der Waals surface area contributed by atoms with Crippen molar-refractivity contribution in [1.82, 2.24) is 10.2 Å². The fourth-order valence-electron chi connectivity index (χ4n) is 5.16.